The first-order chi connectivity index (χ1) is 8.56. The van der Waals surface area contributed by atoms with Crippen LogP contribution in [-0.2, 0) is 0 Å². The van der Waals surface area contributed by atoms with E-state index in [4.69, 9.17) is 23.1 Å². The molecular formula is C12H11ClN4O. The van der Waals surface area contributed by atoms with E-state index in [1.54, 1.807) is 24.3 Å². The van der Waals surface area contributed by atoms with Gasteiger partial charge in [-0.2, -0.15) is 0 Å². The van der Waals surface area contributed by atoms with E-state index in [0.717, 1.165) is 0 Å². The van der Waals surface area contributed by atoms with E-state index in [1.165, 1.54) is 12.3 Å². The summed E-state index contributed by atoms with van der Waals surface area (Å²) in [6.07, 6.45) is 1.49. The summed E-state index contributed by atoms with van der Waals surface area (Å²) in [5.41, 5.74) is 12.4. The van der Waals surface area contributed by atoms with E-state index < -0.39 is 5.91 Å². The number of rotatable bonds is 3. The topological polar surface area (TPSA) is 94.0 Å². The third-order valence-corrected chi connectivity index (χ3v) is 2.63. The maximum atomic E-state index is 11.0. The van der Waals surface area contributed by atoms with E-state index in [2.05, 4.69) is 10.3 Å². The van der Waals surface area contributed by atoms with E-state index in [0.29, 0.717) is 27.8 Å². The van der Waals surface area contributed by atoms with Crippen LogP contribution in [0.5, 0.6) is 0 Å². The van der Waals surface area contributed by atoms with Crippen molar-refractivity contribution < 1.29 is 4.79 Å². The number of hydrogen-bond acceptors (Lipinski definition) is 4. The van der Waals surface area contributed by atoms with Crippen molar-refractivity contribution in [2.75, 3.05) is 11.1 Å². The number of nitrogens with two attached hydrogens (primary N) is 2. The van der Waals surface area contributed by atoms with Gasteiger partial charge in [0.05, 0.1) is 10.7 Å². The lowest BCUT2D eigenvalue weighted by Crippen LogP contribution is -2.11. The summed E-state index contributed by atoms with van der Waals surface area (Å²) < 4.78 is 0. The fourth-order valence-electron chi connectivity index (χ4n) is 1.43. The minimum atomic E-state index is -0.515. The van der Waals surface area contributed by atoms with E-state index in [9.17, 15) is 4.79 Å². The maximum Gasteiger partial charge on any atom is 0.248 e. The summed E-state index contributed by atoms with van der Waals surface area (Å²) in [6.45, 7) is 0. The number of carbonyl (C=O) groups is 1. The van der Waals surface area contributed by atoms with Gasteiger partial charge in [-0.15, -0.1) is 0 Å². The number of nitrogens with zero attached hydrogens (tertiary/aromatic N) is 1. The highest BCUT2D eigenvalue weighted by molar-refractivity contribution is 6.33. The molecule has 0 atom stereocenters. The van der Waals surface area contributed by atoms with Crippen molar-refractivity contribution in [3.8, 4) is 0 Å². The minimum Gasteiger partial charge on any atom is -0.399 e. The molecule has 5 N–H and O–H groups in total. The molecule has 0 fully saturated rings. The van der Waals surface area contributed by atoms with Gasteiger partial charge in [-0.1, -0.05) is 11.6 Å². The number of hydrogen-bond donors (Lipinski definition) is 3. The number of aromatic nitrogens is 1. The van der Waals surface area contributed by atoms with Gasteiger partial charge in [-0.3, -0.25) is 4.79 Å². The predicted molar refractivity (Wildman–Crippen MR) is 71.9 cm³/mol. The summed E-state index contributed by atoms with van der Waals surface area (Å²) in [4.78, 5) is 15.1. The molecule has 2 aromatic rings. The van der Waals surface area contributed by atoms with Crippen LogP contribution >= 0.6 is 11.6 Å². The molecule has 0 aliphatic heterocycles. The van der Waals surface area contributed by atoms with Crippen molar-refractivity contribution in [3.63, 3.8) is 0 Å². The van der Waals surface area contributed by atoms with E-state index >= 15 is 0 Å². The van der Waals surface area contributed by atoms with Crippen molar-refractivity contribution in [1.29, 1.82) is 0 Å². The highest BCUT2D eigenvalue weighted by atomic mass is 35.5. The second-order valence-electron chi connectivity index (χ2n) is 3.66. The third-order valence-electron chi connectivity index (χ3n) is 2.30. The quantitative estimate of drug-likeness (QED) is 0.739. The number of halogens is 1. The number of amides is 1. The number of primary amides is 1. The number of anilines is 3. The lowest BCUT2D eigenvalue weighted by molar-refractivity contribution is 0.1000. The summed E-state index contributed by atoms with van der Waals surface area (Å²) >= 11 is 6.01. The molecule has 92 valence electrons. The predicted octanol–water partition coefficient (Wildman–Crippen LogP) is 2.16. The lowest BCUT2D eigenvalue weighted by atomic mass is 10.2. The molecule has 5 nitrogen and oxygen atoms in total. The van der Waals surface area contributed by atoms with Crippen molar-refractivity contribution in [2.24, 2.45) is 5.73 Å². The average Bonchev–Trinajstić information content (AvgIpc) is 2.34. The van der Waals surface area contributed by atoms with Crippen LogP contribution in [0.25, 0.3) is 0 Å². The standard InChI is InChI=1S/C12H11ClN4O/c13-9-2-1-8(14)6-10(9)17-11-5-7(12(15)18)3-4-16-11/h1-6H,14H2,(H2,15,18)(H,16,17). The normalized spacial score (nSPS) is 10.1. The molecule has 0 bridgehead atoms. The number of nitrogens with one attached hydrogen (secondary N) is 1. The van der Waals surface area contributed by atoms with Crippen LogP contribution in [0.3, 0.4) is 0 Å². The Morgan fingerprint density at radius 1 is 1.28 bits per heavy atom. The fourth-order valence-corrected chi connectivity index (χ4v) is 1.59. The van der Waals surface area contributed by atoms with E-state index in [-0.39, 0.29) is 0 Å². The van der Waals surface area contributed by atoms with Crippen LogP contribution in [0.15, 0.2) is 36.5 Å². The largest absolute Gasteiger partial charge is 0.399 e. The highest BCUT2D eigenvalue weighted by Crippen LogP contribution is 2.26. The van der Waals surface area contributed by atoms with Crippen molar-refractivity contribution in [2.45, 2.75) is 0 Å². The molecule has 0 radical (unpaired) electrons. The Kier molecular flexibility index (Phi) is 3.34. The molecule has 18 heavy (non-hydrogen) atoms. The second-order valence-corrected chi connectivity index (χ2v) is 4.07. The Morgan fingerprint density at radius 3 is 2.78 bits per heavy atom. The second kappa shape index (κ2) is 4.93. The zero-order chi connectivity index (χ0) is 13.1. The van der Waals surface area contributed by atoms with Gasteiger partial charge in [0.2, 0.25) is 5.91 Å². The Hall–Kier alpha value is -2.27. The number of benzene rings is 1. The van der Waals surface area contributed by atoms with Gasteiger partial charge in [0.25, 0.3) is 0 Å². The van der Waals surface area contributed by atoms with Crippen LogP contribution < -0.4 is 16.8 Å². The summed E-state index contributed by atoms with van der Waals surface area (Å²) in [5, 5.41) is 3.49. The Labute approximate surface area is 109 Å². The lowest BCUT2D eigenvalue weighted by Gasteiger charge is -2.08. The van der Waals surface area contributed by atoms with Crippen molar-refractivity contribution in [3.05, 3.63) is 47.1 Å². The van der Waals surface area contributed by atoms with Gasteiger partial charge >= 0.3 is 0 Å². The molecule has 6 heteroatoms. The molecule has 2 rings (SSSR count). The first kappa shape index (κ1) is 12.2. The molecule has 0 unspecified atom stereocenters. The van der Waals surface area contributed by atoms with E-state index in [1.807, 2.05) is 0 Å². The number of carbonyl (C=O) groups excluding carboxylic acids is 1. The summed E-state index contributed by atoms with van der Waals surface area (Å²) in [6, 6.07) is 8.13. The minimum absolute atomic E-state index is 0.368. The first-order valence-corrected chi connectivity index (χ1v) is 5.52. The Bertz CT molecular complexity index is 600. The van der Waals surface area contributed by atoms with Crippen LogP contribution in [-0.4, -0.2) is 10.9 Å². The molecule has 1 aromatic carbocycles. The number of nitrogen functional groups attached to an aromatic ring is 1. The molecule has 0 saturated heterocycles. The third kappa shape index (κ3) is 2.70. The van der Waals surface area contributed by atoms with Crippen LogP contribution in [0.1, 0.15) is 10.4 Å². The first-order valence-electron chi connectivity index (χ1n) is 5.14. The molecule has 1 amide bonds. The molecule has 1 heterocycles. The van der Waals surface area contributed by atoms with Crippen LogP contribution in [0, 0.1) is 0 Å². The van der Waals surface area contributed by atoms with Gasteiger partial charge in [-0.05, 0) is 30.3 Å². The molecule has 0 spiro atoms. The summed E-state index contributed by atoms with van der Waals surface area (Å²) in [7, 11) is 0. The maximum absolute atomic E-state index is 11.0. The van der Waals surface area contributed by atoms with Crippen LogP contribution in [0.2, 0.25) is 5.02 Å². The van der Waals surface area contributed by atoms with Gasteiger partial charge in [0.15, 0.2) is 0 Å². The average molecular weight is 263 g/mol. The van der Waals surface area contributed by atoms with Gasteiger partial charge in [-0.25, -0.2) is 4.98 Å². The molecule has 0 saturated carbocycles. The Morgan fingerprint density at radius 2 is 2.06 bits per heavy atom. The highest BCUT2D eigenvalue weighted by Gasteiger charge is 2.05. The molecule has 0 aliphatic rings. The van der Waals surface area contributed by atoms with Gasteiger partial charge in [0.1, 0.15) is 5.82 Å². The van der Waals surface area contributed by atoms with Gasteiger partial charge < -0.3 is 16.8 Å². The monoisotopic (exact) mass is 262 g/mol. The molecular weight excluding hydrogens is 252 g/mol. The van der Waals surface area contributed by atoms with Gasteiger partial charge in [0, 0.05) is 17.4 Å². The fraction of sp³-hybridized carbons (Fsp3) is 0. The summed E-state index contributed by atoms with van der Waals surface area (Å²) in [5.74, 6) is -0.0436. The zero-order valence-electron chi connectivity index (χ0n) is 9.35. The Balaban J connectivity index is 2.31. The zero-order valence-corrected chi connectivity index (χ0v) is 10.1. The SMILES string of the molecule is NC(=O)c1ccnc(Nc2cc(N)ccc2Cl)c1. The van der Waals surface area contributed by atoms with Crippen LogP contribution in [0.4, 0.5) is 17.2 Å². The molecule has 0 aliphatic carbocycles. The van der Waals surface area contributed by atoms with Crippen molar-refractivity contribution >= 4 is 34.7 Å². The smallest absolute Gasteiger partial charge is 0.248 e. The number of pyridine rings is 1. The molecule has 1 aromatic heterocycles. The van der Waals surface area contributed by atoms with Crippen molar-refractivity contribution in [1.82, 2.24) is 4.98 Å².